The predicted octanol–water partition coefficient (Wildman–Crippen LogP) is 6.28. The average Bonchev–Trinajstić information content (AvgIpc) is 3.94. The third kappa shape index (κ3) is 9.90. The van der Waals surface area contributed by atoms with Gasteiger partial charge in [-0.3, -0.25) is 38.9 Å². The second-order valence-corrected chi connectivity index (χ2v) is 18.3. The second kappa shape index (κ2) is 20.6. The Morgan fingerprint density at radius 1 is 0.887 bits per heavy atom. The number of ether oxygens (including phenoxy) is 4. The molecular weight excluding hydrogens is 937 g/mol. The molecule has 2 aromatic heterocycles. The minimum atomic E-state index is -0.776. The number of imide groups is 1. The molecule has 0 radical (unpaired) electrons. The SMILES string of the molecule is CC(=O)OCOC(=O)c1c(CCCOc2cccc3cc(F)ccc23)c2ccc(Cl)c(-c3c(C)nn(C)c3C)c2n1CCN1CCN(C(=O)COc2cccc3c2CN(C2CCC(=O)NC2=O)C3=O)CC1. The van der Waals surface area contributed by atoms with Crippen molar-refractivity contribution < 1.29 is 52.1 Å². The van der Waals surface area contributed by atoms with Crippen LogP contribution in [0.3, 0.4) is 0 Å². The molecule has 4 amide bonds. The highest BCUT2D eigenvalue weighted by Gasteiger charge is 2.40. The number of nitrogens with one attached hydrogen (secondary N) is 1. The summed E-state index contributed by atoms with van der Waals surface area (Å²) in [7, 11) is 1.86. The summed E-state index contributed by atoms with van der Waals surface area (Å²) in [6.07, 6.45) is 1.24. The molecule has 6 aromatic rings. The molecule has 2 fully saturated rings. The maximum Gasteiger partial charge on any atom is 0.358 e. The smallest absolute Gasteiger partial charge is 0.358 e. The summed E-state index contributed by atoms with van der Waals surface area (Å²) in [4.78, 5) is 82.8. The summed E-state index contributed by atoms with van der Waals surface area (Å²) < 4.78 is 40.8. The number of halogens is 2. The largest absolute Gasteiger partial charge is 0.493 e. The molecule has 2 saturated heterocycles. The summed E-state index contributed by atoms with van der Waals surface area (Å²) in [6, 6.07) is 18.0. The van der Waals surface area contributed by atoms with E-state index < -0.39 is 30.7 Å². The number of amides is 4. The van der Waals surface area contributed by atoms with Crippen LogP contribution in [0.4, 0.5) is 4.39 Å². The summed E-state index contributed by atoms with van der Waals surface area (Å²) >= 11 is 7.15. The van der Waals surface area contributed by atoms with Crippen LogP contribution < -0.4 is 14.8 Å². The molecule has 3 aliphatic heterocycles. The van der Waals surface area contributed by atoms with Crippen LogP contribution >= 0.6 is 11.6 Å². The first-order valence-corrected chi connectivity index (χ1v) is 23.9. The molecule has 5 heterocycles. The Bertz CT molecular complexity index is 3120. The molecule has 9 rings (SSSR count). The number of aryl methyl sites for hydroxylation is 3. The fourth-order valence-corrected chi connectivity index (χ4v) is 10.2. The highest BCUT2D eigenvalue weighted by molar-refractivity contribution is 6.35. The number of piperazine rings is 1. The van der Waals surface area contributed by atoms with Crippen LogP contribution in [0, 0.1) is 19.7 Å². The Morgan fingerprint density at radius 2 is 1.65 bits per heavy atom. The third-order valence-corrected chi connectivity index (χ3v) is 13.9. The second-order valence-electron chi connectivity index (χ2n) is 17.9. The zero-order valence-corrected chi connectivity index (χ0v) is 40.6. The predicted molar refractivity (Wildman–Crippen MR) is 259 cm³/mol. The van der Waals surface area contributed by atoms with Gasteiger partial charge in [0.2, 0.25) is 18.6 Å². The molecule has 1 unspecified atom stereocenters. The topological polar surface area (TPSA) is 184 Å². The van der Waals surface area contributed by atoms with Crippen LogP contribution in [0.1, 0.15) is 69.5 Å². The van der Waals surface area contributed by atoms with Crippen molar-refractivity contribution in [2.75, 3.05) is 52.7 Å². The van der Waals surface area contributed by atoms with Crippen LogP contribution in [0.15, 0.2) is 66.7 Å². The van der Waals surface area contributed by atoms with Gasteiger partial charge in [-0.1, -0.05) is 35.9 Å². The van der Waals surface area contributed by atoms with Gasteiger partial charge in [-0.2, -0.15) is 5.10 Å². The van der Waals surface area contributed by atoms with E-state index in [4.69, 9.17) is 35.6 Å². The number of nitrogens with zero attached hydrogens (tertiary/aromatic N) is 6. The van der Waals surface area contributed by atoms with E-state index in [9.17, 15) is 33.2 Å². The van der Waals surface area contributed by atoms with Gasteiger partial charge in [-0.25, -0.2) is 9.18 Å². The van der Waals surface area contributed by atoms with Crippen molar-refractivity contribution in [3.05, 3.63) is 111 Å². The molecule has 370 valence electrons. The quantitative estimate of drug-likeness (QED) is 0.0497. The number of piperidine rings is 1. The Kier molecular flexibility index (Phi) is 14.1. The van der Waals surface area contributed by atoms with Crippen molar-refractivity contribution in [2.45, 2.75) is 65.6 Å². The van der Waals surface area contributed by atoms with E-state index >= 15 is 0 Å². The zero-order chi connectivity index (χ0) is 50.1. The molecular formula is C52H53ClFN7O10. The van der Waals surface area contributed by atoms with Gasteiger partial charge < -0.3 is 33.3 Å². The fourth-order valence-electron chi connectivity index (χ4n) is 9.98. The lowest BCUT2D eigenvalue weighted by molar-refractivity contribution is -0.149. The number of esters is 2. The Morgan fingerprint density at radius 3 is 2.39 bits per heavy atom. The number of aromatic nitrogens is 3. The maximum absolute atomic E-state index is 14.4. The van der Waals surface area contributed by atoms with E-state index in [0.29, 0.717) is 102 Å². The van der Waals surface area contributed by atoms with Gasteiger partial charge in [0.1, 0.15) is 29.1 Å². The number of carbonyl (C=O) groups is 6. The van der Waals surface area contributed by atoms with E-state index in [1.807, 2.05) is 55.8 Å². The van der Waals surface area contributed by atoms with Crippen LogP contribution in [-0.2, 0) is 55.2 Å². The van der Waals surface area contributed by atoms with Gasteiger partial charge in [-0.05, 0) is 86.5 Å². The minimum Gasteiger partial charge on any atom is -0.493 e. The zero-order valence-electron chi connectivity index (χ0n) is 39.8. The molecule has 17 nitrogen and oxygen atoms in total. The molecule has 0 bridgehead atoms. The fraction of sp³-hybridized carbons (Fsp3) is 0.365. The summed E-state index contributed by atoms with van der Waals surface area (Å²) in [6.45, 7) is 7.29. The van der Waals surface area contributed by atoms with E-state index in [0.717, 1.165) is 27.7 Å². The monoisotopic (exact) mass is 989 g/mol. The van der Waals surface area contributed by atoms with Gasteiger partial charge in [0.15, 0.2) is 6.61 Å². The molecule has 1 atom stereocenters. The minimum absolute atomic E-state index is 0.118. The van der Waals surface area contributed by atoms with Crippen molar-refractivity contribution in [2.24, 2.45) is 7.05 Å². The normalized spacial score (nSPS) is 16.1. The van der Waals surface area contributed by atoms with E-state index in [1.54, 1.807) is 33.8 Å². The van der Waals surface area contributed by atoms with Crippen LogP contribution in [0.25, 0.3) is 32.8 Å². The molecule has 19 heteroatoms. The molecule has 1 N–H and O–H groups in total. The van der Waals surface area contributed by atoms with Crippen LogP contribution in [0.5, 0.6) is 11.5 Å². The lowest BCUT2D eigenvalue weighted by atomic mass is 9.98. The van der Waals surface area contributed by atoms with Gasteiger partial charge in [0.05, 0.1) is 29.4 Å². The first-order valence-electron chi connectivity index (χ1n) is 23.5. The number of fused-ring (bicyclic) bond motifs is 3. The Labute approximate surface area is 413 Å². The Hall–Kier alpha value is -7.31. The average molecular weight is 990 g/mol. The number of hydrogen-bond donors (Lipinski definition) is 1. The third-order valence-electron chi connectivity index (χ3n) is 13.6. The van der Waals surface area contributed by atoms with E-state index in [1.165, 1.54) is 24.0 Å². The first-order chi connectivity index (χ1) is 34.2. The van der Waals surface area contributed by atoms with Gasteiger partial charge in [0.25, 0.3) is 11.8 Å². The first kappa shape index (κ1) is 48.7. The lowest BCUT2D eigenvalue weighted by Gasteiger charge is -2.35. The number of hydrogen-bond acceptors (Lipinski definition) is 12. The number of rotatable bonds is 16. The lowest BCUT2D eigenvalue weighted by Crippen LogP contribution is -2.52. The maximum atomic E-state index is 14.4. The standard InChI is InChI=1S/C52H53ClFN7O10/c1-30-46(31(2)57(4)56-30)47-40(53)16-15-37-36(10-7-25-68-42-11-5-8-33-26-34(54)13-14-35(33)42)49(52(67)71-29-70-32(3)62)60(48(37)47)24-21-58-19-22-59(23-20-58)45(64)28-69-43-12-6-9-38-39(43)27-61(51(38)66)41-17-18-44(63)55-50(41)65/h5-6,8-9,11-16,26,41H,7,10,17-25,27-29H2,1-4H3,(H,55,63,65). The van der Waals surface area contributed by atoms with Crippen LogP contribution in [0.2, 0.25) is 5.02 Å². The van der Waals surface area contributed by atoms with Crippen molar-refractivity contribution in [1.82, 2.24) is 34.4 Å². The van der Waals surface area contributed by atoms with Gasteiger partial charge >= 0.3 is 11.9 Å². The van der Waals surface area contributed by atoms with Crippen molar-refractivity contribution in [3.8, 4) is 22.6 Å². The van der Waals surface area contributed by atoms with E-state index in [-0.39, 0.29) is 61.8 Å². The molecule has 4 aromatic carbocycles. The van der Waals surface area contributed by atoms with Gasteiger partial charge in [-0.15, -0.1) is 0 Å². The summed E-state index contributed by atoms with van der Waals surface area (Å²) in [5.41, 5.74) is 5.82. The molecule has 3 aliphatic rings. The molecule has 0 spiro atoms. The molecule has 0 saturated carbocycles. The summed E-state index contributed by atoms with van der Waals surface area (Å²) in [5.74, 6) is -2.09. The number of benzene rings is 4. The van der Waals surface area contributed by atoms with Gasteiger partial charge in [0, 0.05) is 98.4 Å². The van der Waals surface area contributed by atoms with Crippen LogP contribution in [-0.4, -0.2) is 123 Å². The molecule has 0 aliphatic carbocycles. The molecule has 71 heavy (non-hydrogen) atoms. The van der Waals surface area contributed by atoms with Crippen molar-refractivity contribution in [3.63, 3.8) is 0 Å². The number of carbonyl (C=O) groups excluding carboxylic acids is 6. The van der Waals surface area contributed by atoms with Crippen molar-refractivity contribution in [1.29, 1.82) is 0 Å². The van der Waals surface area contributed by atoms with E-state index in [2.05, 4.69) is 10.2 Å². The highest BCUT2D eigenvalue weighted by Crippen LogP contribution is 2.42. The Balaban J connectivity index is 0.935. The van der Waals surface area contributed by atoms with Crippen molar-refractivity contribution >= 4 is 68.8 Å². The summed E-state index contributed by atoms with van der Waals surface area (Å²) in [5, 5.41) is 9.74. The highest BCUT2D eigenvalue weighted by atomic mass is 35.5.